The molecule has 0 spiro atoms. The molecule has 2 rings (SSSR count). The molecule has 2 aromatic rings. The highest BCUT2D eigenvalue weighted by atomic mass is 16.2. The molecule has 0 saturated carbocycles. The van der Waals surface area contributed by atoms with E-state index in [-0.39, 0.29) is 18.5 Å². The van der Waals surface area contributed by atoms with E-state index in [9.17, 15) is 4.79 Å². The van der Waals surface area contributed by atoms with Gasteiger partial charge in [-0.15, -0.1) is 0 Å². The number of aromatic nitrogens is 3. The third kappa shape index (κ3) is 4.44. The topological polar surface area (TPSA) is 85.8 Å². The standard InChI is InChI=1S/C15H17N5O/c1-12(19-15(21)9-20-11-17-10-18-20)14-6-2-4-13(8-14)5-3-7-16/h2,4,6,8,10-12H,7,9,16H2,1H3,(H,19,21). The molecule has 1 heterocycles. The van der Waals surface area contributed by atoms with Gasteiger partial charge in [0.25, 0.3) is 0 Å². The van der Waals surface area contributed by atoms with Gasteiger partial charge in [0.2, 0.25) is 5.91 Å². The molecule has 21 heavy (non-hydrogen) atoms. The Morgan fingerprint density at radius 2 is 2.38 bits per heavy atom. The van der Waals surface area contributed by atoms with E-state index in [0.29, 0.717) is 6.54 Å². The molecule has 6 nitrogen and oxygen atoms in total. The molecule has 1 aromatic heterocycles. The summed E-state index contributed by atoms with van der Waals surface area (Å²) in [5.41, 5.74) is 7.24. The van der Waals surface area contributed by atoms with Crippen LogP contribution in [0.1, 0.15) is 24.1 Å². The quantitative estimate of drug-likeness (QED) is 0.798. The summed E-state index contributed by atoms with van der Waals surface area (Å²) in [5, 5.41) is 6.82. The van der Waals surface area contributed by atoms with Gasteiger partial charge in [-0.2, -0.15) is 5.10 Å². The number of hydrogen-bond donors (Lipinski definition) is 2. The van der Waals surface area contributed by atoms with Gasteiger partial charge in [-0.25, -0.2) is 9.67 Å². The second-order valence-electron chi connectivity index (χ2n) is 4.51. The third-order valence-corrected chi connectivity index (χ3v) is 2.87. The zero-order valence-corrected chi connectivity index (χ0v) is 11.8. The SMILES string of the molecule is CC(NC(=O)Cn1cncn1)c1cccc(C#CCN)c1. The Morgan fingerprint density at radius 3 is 3.10 bits per heavy atom. The van der Waals surface area contributed by atoms with Gasteiger partial charge in [-0.3, -0.25) is 4.79 Å². The van der Waals surface area contributed by atoms with Gasteiger partial charge in [0.05, 0.1) is 12.6 Å². The summed E-state index contributed by atoms with van der Waals surface area (Å²) in [4.78, 5) is 15.7. The van der Waals surface area contributed by atoms with Crippen molar-refractivity contribution in [1.29, 1.82) is 0 Å². The van der Waals surface area contributed by atoms with E-state index in [2.05, 4.69) is 27.2 Å². The number of nitrogens with zero attached hydrogens (tertiary/aromatic N) is 3. The van der Waals surface area contributed by atoms with Crippen molar-refractivity contribution in [3.63, 3.8) is 0 Å². The second kappa shape index (κ2) is 7.22. The molecule has 6 heteroatoms. The fourth-order valence-corrected chi connectivity index (χ4v) is 1.87. The largest absolute Gasteiger partial charge is 0.348 e. The monoisotopic (exact) mass is 283 g/mol. The first kappa shape index (κ1) is 14.8. The van der Waals surface area contributed by atoms with Crippen LogP contribution < -0.4 is 11.1 Å². The van der Waals surface area contributed by atoms with Crippen LogP contribution in [0.5, 0.6) is 0 Å². The van der Waals surface area contributed by atoms with E-state index in [4.69, 9.17) is 5.73 Å². The zero-order chi connectivity index (χ0) is 15.1. The molecule has 1 unspecified atom stereocenters. The lowest BCUT2D eigenvalue weighted by molar-refractivity contribution is -0.122. The minimum atomic E-state index is -0.119. The first-order valence-corrected chi connectivity index (χ1v) is 6.59. The van der Waals surface area contributed by atoms with Gasteiger partial charge in [0.1, 0.15) is 19.2 Å². The lowest BCUT2D eigenvalue weighted by Crippen LogP contribution is -2.30. The van der Waals surface area contributed by atoms with Crippen LogP contribution in [-0.2, 0) is 11.3 Å². The van der Waals surface area contributed by atoms with Gasteiger partial charge < -0.3 is 11.1 Å². The van der Waals surface area contributed by atoms with Crippen molar-refractivity contribution < 1.29 is 4.79 Å². The number of rotatable bonds is 4. The van der Waals surface area contributed by atoms with Crippen LogP contribution in [0.3, 0.4) is 0 Å². The number of benzene rings is 1. The predicted octanol–water partition coefficient (Wildman–Crippen LogP) is 0.466. The normalized spacial score (nSPS) is 11.3. The number of amides is 1. The molecule has 0 aliphatic heterocycles. The predicted molar refractivity (Wildman–Crippen MR) is 79.0 cm³/mol. The summed E-state index contributed by atoms with van der Waals surface area (Å²) in [6.45, 7) is 2.40. The molecule has 0 aliphatic rings. The average Bonchev–Trinajstić information content (AvgIpc) is 2.98. The number of carbonyl (C=O) groups is 1. The van der Waals surface area contributed by atoms with Crippen LogP contribution in [0.25, 0.3) is 0 Å². The van der Waals surface area contributed by atoms with Crippen molar-refractivity contribution in [2.45, 2.75) is 19.5 Å². The number of hydrogen-bond acceptors (Lipinski definition) is 4. The molecule has 0 radical (unpaired) electrons. The van der Waals surface area contributed by atoms with E-state index in [0.717, 1.165) is 11.1 Å². The summed E-state index contributed by atoms with van der Waals surface area (Å²) in [7, 11) is 0. The summed E-state index contributed by atoms with van der Waals surface area (Å²) in [6, 6.07) is 7.61. The van der Waals surface area contributed by atoms with Crippen LogP contribution in [0, 0.1) is 11.8 Å². The minimum absolute atomic E-state index is 0.111. The Balaban J connectivity index is 1.99. The lowest BCUT2D eigenvalue weighted by Gasteiger charge is -2.14. The second-order valence-corrected chi connectivity index (χ2v) is 4.51. The number of carbonyl (C=O) groups excluding carboxylic acids is 1. The fourth-order valence-electron chi connectivity index (χ4n) is 1.87. The Kier molecular flexibility index (Phi) is 5.07. The maximum Gasteiger partial charge on any atom is 0.242 e. The van der Waals surface area contributed by atoms with E-state index in [1.54, 1.807) is 0 Å². The summed E-state index contributed by atoms with van der Waals surface area (Å²) in [6.07, 6.45) is 2.91. The van der Waals surface area contributed by atoms with Crippen molar-refractivity contribution in [2.75, 3.05) is 6.54 Å². The average molecular weight is 283 g/mol. The Morgan fingerprint density at radius 1 is 1.52 bits per heavy atom. The summed E-state index contributed by atoms with van der Waals surface area (Å²) < 4.78 is 1.48. The molecule has 1 atom stereocenters. The molecule has 1 aromatic carbocycles. The first-order valence-electron chi connectivity index (χ1n) is 6.59. The van der Waals surface area contributed by atoms with Crippen molar-refractivity contribution in [2.24, 2.45) is 5.73 Å². The van der Waals surface area contributed by atoms with Gasteiger partial charge in [0.15, 0.2) is 0 Å². The van der Waals surface area contributed by atoms with E-state index in [1.807, 2.05) is 31.2 Å². The summed E-state index contributed by atoms with van der Waals surface area (Å²) in [5.74, 6) is 5.67. The smallest absolute Gasteiger partial charge is 0.242 e. The molecule has 0 saturated heterocycles. The van der Waals surface area contributed by atoms with E-state index in [1.165, 1.54) is 17.3 Å². The molecule has 0 bridgehead atoms. The number of nitrogens with one attached hydrogen (secondary N) is 1. The van der Waals surface area contributed by atoms with Crippen LogP contribution in [-0.4, -0.2) is 27.2 Å². The van der Waals surface area contributed by atoms with Gasteiger partial charge in [0, 0.05) is 5.56 Å². The van der Waals surface area contributed by atoms with Crippen LogP contribution >= 0.6 is 0 Å². The molecule has 0 fully saturated rings. The molecular weight excluding hydrogens is 266 g/mol. The Labute approximate surface area is 123 Å². The first-order chi connectivity index (χ1) is 10.2. The highest BCUT2D eigenvalue weighted by Crippen LogP contribution is 2.13. The fraction of sp³-hybridized carbons (Fsp3) is 0.267. The van der Waals surface area contributed by atoms with E-state index < -0.39 is 0 Å². The molecule has 0 aliphatic carbocycles. The van der Waals surface area contributed by atoms with Crippen LogP contribution in [0.2, 0.25) is 0 Å². The maximum absolute atomic E-state index is 11.9. The van der Waals surface area contributed by atoms with Crippen molar-refractivity contribution in [3.8, 4) is 11.8 Å². The summed E-state index contributed by atoms with van der Waals surface area (Å²) >= 11 is 0. The lowest BCUT2D eigenvalue weighted by atomic mass is 10.1. The van der Waals surface area contributed by atoms with Gasteiger partial charge >= 0.3 is 0 Å². The molecule has 1 amide bonds. The van der Waals surface area contributed by atoms with Crippen molar-refractivity contribution in [3.05, 3.63) is 48.0 Å². The molecule has 108 valence electrons. The maximum atomic E-state index is 11.9. The zero-order valence-electron chi connectivity index (χ0n) is 11.8. The van der Waals surface area contributed by atoms with Crippen LogP contribution in [0.4, 0.5) is 0 Å². The van der Waals surface area contributed by atoms with Gasteiger partial charge in [-0.1, -0.05) is 24.0 Å². The van der Waals surface area contributed by atoms with Crippen molar-refractivity contribution >= 4 is 5.91 Å². The third-order valence-electron chi connectivity index (χ3n) is 2.87. The van der Waals surface area contributed by atoms with Gasteiger partial charge in [-0.05, 0) is 24.6 Å². The highest BCUT2D eigenvalue weighted by molar-refractivity contribution is 5.76. The van der Waals surface area contributed by atoms with Crippen molar-refractivity contribution in [1.82, 2.24) is 20.1 Å². The number of nitrogens with two attached hydrogens (primary N) is 1. The Hall–Kier alpha value is -2.65. The highest BCUT2D eigenvalue weighted by Gasteiger charge is 2.10. The van der Waals surface area contributed by atoms with Crippen LogP contribution in [0.15, 0.2) is 36.9 Å². The minimum Gasteiger partial charge on any atom is -0.348 e. The molecular formula is C15H17N5O. The molecule has 3 N–H and O–H groups in total. The van der Waals surface area contributed by atoms with E-state index >= 15 is 0 Å². The Bertz CT molecular complexity index is 654.